The third-order valence-electron chi connectivity index (χ3n) is 3.89. The number of methoxy groups -OCH3 is 1. The Bertz CT molecular complexity index is 865. The maximum Gasteiger partial charge on any atom is 0.239 e. The van der Waals surface area contributed by atoms with Gasteiger partial charge in [-0.2, -0.15) is 5.10 Å². The highest BCUT2D eigenvalue weighted by Gasteiger charge is 2.30. The quantitative estimate of drug-likeness (QED) is 0.625. The van der Waals surface area contributed by atoms with Crippen LogP contribution in [-0.2, 0) is 11.2 Å². The largest absolute Gasteiger partial charge is 0.497 e. The third kappa shape index (κ3) is 4.65. The molecule has 1 fully saturated rings. The Morgan fingerprint density at radius 2 is 2.04 bits per heavy atom. The lowest BCUT2D eigenvalue weighted by Crippen LogP contribution is -2.25. The van der Waals surface area contributed by atoms with E-state index < -0.39 is 0 Å². The predicted octanol–water partition coefficient (Wildman–Crippen LogP) is 3.90. The first-order chi connectivity index (χ1) is 12.5. The number of hydrogen-bond acceptors (Lipinski definition) is 5. The van der Waals surface area contributed by atoms with Crippen molar-refractivity contribution in [2.45, 2.75) is 18.6 Å². The summed E-state index contributed by atoms with van der Waals surface area (Å²) in [5.41, 5.74) is 2.72. The van der Waals surface area contributed by atoms with Crippen molar-refractivity contribution < 1.29 is 9.53 Å². The SMILES string of the molecule is COc1ccc(/C(C)=N/N=C2\NC(=O)C(Cc3cccc(Cl)c3)S2)cc1. The second-order valence-electron chi connectivity index (χ2n) is 5.75. The molecule has 1 atom stereocenters. The number of carbonyl (C=O) groups excluding carboxylic acids is 1. The van der Waals surface area contributed by atoms with Crippen molar-refractivity contribution >= 4 is 40.1 Å². The van der Waals surface area contributed by atoms with E-state index in [9.17, 15) is 4.79 Å². The minimum absolute atomic E-state index is 0.0639. The summed E-state index contributed by atoms with van der Waals surface area (Å²) in [5, 5.41) is 12.1. The summed E-state index contributed by atoms with van der Waals surface area (Å²) in [6.07, 6.45) is 0.595. The molecular formula is C19H18ClN3O2S. The van der Waals surface area contributed by atoms with Crippen LogP contribution < -0.4 is 10.1 Å². The maximum atomic E-state index is 12.2. The second-order valence-corrected chi connectivity index (χ2v) is 7.38. The van der Waals surface area contributed by atoms with Gasteiger partial charge in [0.05, 0.1) is 18.1 Å². The highest BCUT2D eigenvalue weighted by atomic mass is 35.5. The van der Waals surface area contributed by atoms with Crippen LogP contribution in [0.4, 0.5) is 0 Å². The summed E-state index contributed by atoms with van der Waals surface area (Å²) in [4.78, 5) is 12.2. The molecule has 2 aromatic carbocycles. The first kappa shape index (κ1) is 18.5. The van der Waals surface area contributed by atoms with E-state index >= 15 is 0 Å². The van der Waals surface area contributed by atoms with Crippen LogP contribution in [0.3, 0.4) is 0 Å². The molecule has 0 radical (unpaired) electrons. The Kier molecular flexibility index (Phi) is 5.96. The number of halogens is 1. The van der Waals surface area contributed by atoms with E-state index in [0.29, 0.717) is 16.6 Å². The molecule has 1 heterocycles. The normalized spacial score (nSPS) is 18.9. The molecular weight excluding hydrogens is 370 g/mol. The molecule has 2 aromatic rings. The Balaban J connectivity index is 1.67. The van der Waals surface area contributed by atoms with Crippen LogP contribution in [0.5, 0.6) is 5.75 Å². The van der Waals surface area contributed by atoms with Gasteiger partial charge in [0.15, 0.2) is 5.17 Å². The first-order valence-electron chi connectivity index (χ1n) is 8.04. The summed E-state index contributed by atoms with van der Waals surface area (Å²) in [6, 6.07) is 15.1. The summed E-state index contributed by atoms with van der Waals surface area (Å²) in [6.45, 7) is 1.87. The van der Waals surface area contributed by atoms with Gasteiger partial charge in [0.2, 0.25) is 5.91 Å². The third-order valence-corrected chi connectivity index (χ3v) is 5.19. The predicted molar refractivity (Wildman–Crippen MR) is 107 cm³/mol. The Morgan fingerprint density at radius 1 is 1.27 bits per heavy atom. The van der Waals surface area contributed by atoms with Gasteiger partial charge < -0.3 is 10.1 Å². The van der Waals surface area contributed by atoms with Crippen LogP contribution in [-0.4, -0.2) is 29.1 Å². The molecule has 26 heavy (non-hydrogen) atoms. The Hall–Kier alpha value is -2.31. The molecule has 1 unspecified atom stereocenters. The zero-order valence-electron chi connectivity index (χ0n) is 14.4. The minimum Gasteiger partial charge on any atom is -0.497 e. The van der Waals surface area contributed by atoms with Crippen molar-refractivity contribution in [3.63, 3.8) is 0 Å². The number of amidine groups is 1. The van der Waals surface area contributed by atoms with E-state index in [0.717, 1.165) is 22.6 Å². The van der Waals surface area contributed by atoms with Crippen LogP contribution in [0.15, 0.2) is 58.7 Å². The zero-order chi connectivity index (χ0) is 18.5. The van der Waals surface area contributed by atoms with Crippen molar-refractivity contribution in [2.24, 2.45) is 10.2 Å². The molecule has 3 rings (SSSR count). The minimum atomic E-state index is -0.233. The summed E-state index contributed by atoms with van der Waals surface area (Å²) >= 11 is 7.38. The lowest BCUT2D eigenvalue weighted by atomic mass is 10.1. The van der Waals surface area contributed by atoms with Crippen molar-refractivity contribution in [1.29, 1.82) is 0 Å². The van der Waals surface area contributed by atoms with E-state index in [1.165, 1.54) is 11.8 Å². The Morgan fingerprint density at radius 3 is 2.73 bits per heavy atom. The molecule has 0 saturated carbocycles. The standard InChI is InChI=1S/C19H18ClN3O2S/c1-12(14-6-8-16(25-2)9-7-14)22-23-19-21-18(24)17(26-19)11-13-4-3-5-15(20)10-13/h3-10,17H,11H2,1-2H3,(H,21,23,24)/b22-12+. The van der Waals surface area contributed by atoms with Crippen molar-refractivity contribution in [2.75, 3.05) is 7.11 Å². The molecule has 0 spiro atoms. The molecule has 1 aliphatic rings. The summed E-state index contributed by atoms with van der Waals surface area (Å²) in [7, 11) is 1.63. The molecule has 5 nitrogen and oxygen atoms in total. The molecule has 0 bridgehead atoms. The van der Waals surface area contributed by atoms with Gasteiger partial charge in [-0.3, -0.25) is 4.79 Å². The fourth-order valence-corrected chi connectivity index (χ4v) is 3.65. The van der Waals surface area contributed by atoms with Crippen LogP contribution in [0.2, 0.25) is 5.02 Å². The van der Waals surface area contributed by atoms with Gasteiger partial charge in [-0.05, 0) is 60.9 Å². The van der Waals surface area contributed by atoms with Crippen LogP contribution in [0.25, 0.3) is 0 Å². The van der Waals surface area contributed by atoms with Gasteiger partial charge in [0, 0.05) is 5.02 Å². The van der Waals surface area contributed by atoms with Gasteiger partial charge in [0.1, 0.15) is 5.75 Å². The van der Waals surface area contributed by atoms with Gasteiger partial charge in [0.25, 0.3) is 0 Å². The van der Waals surface area contributed by atoms with Crippen LogP contribution in [0.1, 0.15) is 18.1 Å². The van der Waals surface area contributed by atoms with Gasteiger partial charge in [-0.25, -0.2) is 0 Å². The lowest BCUT2D eigenvalue weighted by Gasteiger charge is -2.05. The molecule has 7 heteroatoms. The topological polar surface area (TPSA) is 63.1 Å². The van der Waals surface area contributed by atoms with Gasteiger partial charge >= 0.3 is 0 Å². The number of nitrogens with one attached hydrogen (secondary N) is 1. The number of ether oxygens (including phenoxy) is 1. The van der Waals surface area contributed by atoms with E-state index in [1.807, 2.05) is 55.5 Å². The number of thioether (sulfide) groups is 1. The average Bonchev–Trinajstić information content (AvgIpc) is 2.99. The number of benzene rings is 2. The molecule has 1 aliphatic heterocycles. The average molecular weight is 388 g/mol. The zero-order valence-corrected chi connectivity index (χ0v) is 16.0. The second kappa shape index (κ2) is 8.38. The van der Waals surface area contributed by atoms with Gasteiger partial charge in [-0.1, -0.05) is 35.5 Å². The van der Waals surface area contributed by atoms with Gasteiger partial charge in [-0.15, -0.1) is 5.10 Å². The smallest absolute Gasteiger partial charge is 0.239 e. The van der Waals surface area contributed by atoms with Crippen molar-refractivity contribution in [1.82, 2.24) is 5.32 Å². The van der Waals surface area contributed by atoms with Crippen molar-refractivity contribution in [3.05, 3.63) is 64.7 Å². The summed E-state index contributed by atoms with van der Waals surface area (Å²) < 4.78 is 5.14. The number of carbonyl (C=O) groups is 1. The summed E-state index contributed by atoms with van der Waals surface area (Å²) in [5.74, 6) is 0.723. The molecule has 1 N–H and O–H groups in total. The highest BCUT2D eigenvalue weighted by molar-refractivity contribution is 8.15. The fourth-order valence-electron chi connectivity index (χ4n) is 2.47. The number of hydrogen-bond donors (Lipinski definition) is 1. The molecule has 0 aromatic heterocycles. The lowest BCUT2D eigenvalue weighted by molar-refractivity contribution is -0.118. The van der Waals surface area contributed by atoms with E-state index in [2.05, 4.69) is 15.5 Å². The van der Waals surface area contributed by atoms with E-state index in [-0.39, 0.29) is 11.2 Å². The first-order valence-corrected chi connectivity index (χ1v) is 9.29. The van der Waals surface area contributed by atoms with Crippen molar-refractivity contribution in [3.8, 4) is 5.75 Å². The molecule has 1 amide bonds. The Labute approximate surface area is 161 Å². The van der Waals surface area contributed by atoms with E-state index in [1.54, 1.807) is 7.11 Å². The fraction of sp³-hybridized carbons (Fsp3) is 0.211. The monoisotopic (exact) mass is 387 g/mol. The maximum absolute atomic E-state index is 12.2. The number of nitrogens with zero attached hydrogens (tertiary/aromatic N) is 2. The number of amides is 1. The molecule has 0 aliphatic carbocycles. The molecule has 134 valence electrons. The highest BCUT2D eigenvalue weighted by Crippen LogP contribution is 2.24. The number of rotatable bonds is 5. The molecule has 1 saturated heterocycles. The van der Waals surface area contributed by atoms with E-state index in [4.69, 9.17) is 16.3 Å². The van der Waals surface area contributed by atoms with Crippen LogP contribution >= 0.6 is 23.4 Å². The van der Waals surface area contributed by atoms with Crippen LogP contribution in [0, 0.1) is 0 Å².